The predicted octanol–water partition coefficient (Wildman–Crippen LogP) is 5.01. The Bertz CT molecular complexity index is 1300. The Labute approximate surface area is 186 Å². The lowest BCUT2D eigenvalue weighted by Crippen LogP contribution is -2.19. The largest absolute Gasteiger partial charge is 0.359 e. The van der Waals surface area contributed by atoms with Crippen LogP contribution < -0.4 is 9.62 Å². The number of benzene rings is 2. The van der Waals surface area contributed by atoms with Gasteiger partial charge in [-0.1, -0.05) is 11.6 Å². The van der Waals surface area contributed by atoms with Crippen LogP contribution in [0.25, 0.3) is 22.2 Å². The van der Waals surface area contributed by atoms with Crippen LogP contribution in [0.5, 0.6) is 0 Å². The zero-order valence-electron chi connectivity index (χ0n) is 16.5. The summed E-state index contributed by atoms with van der Waals surface area (Å²) in [4.78, 5) is 20.5. The fourth-order valence-electron chi connectivity index (χ4n) is 3.74. The maximum atomic E-state index is 12.8. The highest BCUT2D eigenvalue weighted by Gasteiger charge is 2.20. The molecule has 1 aliphatic rings. The van der Waals surface area contributed by atoms with E-state index in [9.17, 15) is 9.00 Å². The zero-order valence-corrected chi connectivity index (χ0v) is 18.0. The standard InChI is InChI=1S/C23H19ClN4O2S/c24-20-7-4-17(14-19(20)22-21-15(8-10-25-21)9-11-26-22)27-23(29)16-2-5-18(6-3-16)28-12-1-13-31(28)30/h2-11,14,25H,1,12-13H2,(H,27,29). The number of anilines is 2. The molecule has 6 nitrogen and oxygen atoms in total. The Morgan fingerprint density at radius 3 is 2.74 bits per heavy atom. The second-order valence-corrected chi connectivity index (χ2v) is 9.18. The summed E-state index contributed by atoms with van der Waals surface area (Å²) in [5.74, 6) is 0.458. The third-order valence-electron chi connectivity index (χ3n) is 5.30. The van der Waals surface area contributed by atoms with Gasteiger partial charge in [0.05, 0.1) is 16.2 Å². The molecule has 2 N–H and O–H groups in total. The number of hydrogen-bond acceptors (Lipinski definition) is 3. The van der Waals surface area contributed by atoms with Crippen LogP contribution in [0.2, 0.25) is 5.02 Å². The van der Waals surface area contributed by atoms with Crippen LogP contribution in [-0.4, -0.2) is 32.4 Å². The summed E-state index contributed by atoms with van der Waals surface area (Å²) >= 11 is 6.45. The minimum atomic E-state index is -0.979. The van der Waals surface area contributed by atoms with Crippen LogP contribution in [0.3, 0.4) is 0 Å². The lowest BCUT2D eigenvalue weighted by Gasteiger charge is -2.16. The first-order valence-corrected chi connectivity index (χ1v) is 11.5. The van der Waals surface area contributed by atoms with Crippen LogP contribution in [0.4, 0.5) is 11.4 Å². The molecule has 1 amide bonds. The lowest BCUT2D eigenvalue weighted by atomic mass is 10.1. The van der Waals surface area contributed by atoms with E-state index in [1.165, 1.54) is 0 Å². The molecule has 8 heteroatoms. The fourth-order valence-corrected chi connectivity index (χ4v) is 5.24. The topological polar surface area (TPSA) is 78.1 Å². The van der Waals surface area contributed by atoms with E-state index in [1.807, 2.05) is 40.8 Å². The molecule has 2 aromatic carbocycles. The molecule has 0 radical (unpaired) electrons. The minimum Gasteiger partial charge on any atom is -0.359 e. The molecule has 2 aromatic heterocycles. The molecule has 0 bridgehead atoms. The zero-order chi connectivity index (χ0) is 21.4. The first-order chi connectivity index (χ1) is 15.1. The number of carbonyl (C=O) groups excluding carboxylic acids is 1. The van der Waals surface area contributed by atoms with E-state index in [2.05, 4.69) is 15.3 Å². The number of nitrogens with zero attached hydrogens (tertiary/aromatic N) is 2. The van der Waals surface area contributed by atoms with Gasteiger partial charge in [0.1, 0.15) is 11.0 Å². The predicted molar refractivity (Wildman–Crippen MR) is 126 cm³/mol. The number of aromatic amines is 1. The van der Waals surface area contributed by atoms with Gasteiger partial charge in [0.2, 0.25) is 0 Å². The molecule has 31 heavy (non-hydrogen) atoms. The maximum absolute atomic E-state index is 12.8. The average molecular weight is 451 g/mol. The number of carbonyl (C=O) groups is 1. The number of halogens is 1. The van der Waals surface area contributed by atoms with E-state index in [1.54, 1.807) is 30.5 Å². The summed E-state index contributed by atoms with van der Waals surface area (Å²) in [6.07, 6.45) is 4.51. The van der Waals surface area contributed by atoms with Crippen molar-refractivity contribution in [3.63, 3.8) is 0 Å². The Balaban J connectivity index is 1.39. The Kier molecular flexibility index (Phi) is 5.21. The highest BCUT2D eigenvalue weighted by atomic mass is 35.5. The summed E-state index contributed by atoms with van der Waals surface area (Å²) < 4.78 is 13.9. The Hall–Kier alpha value is -3.16. The first-order valence-electron chi connectivity index (χ1n) is 9.89. The summed E-state index contributed by atoms with van der Waals surface area (Å²) in [6, 6.07) is 16.4. The molecule has 4 aromatic rings. The molecule has 1 unspecified atom stereocenters. The van der Waals surface area contributed by atoms with Gasteiger partial charge in [0, 0.05) is 52.6 Å². The molecule has 156 valence electrons. The molecular formula is C23H19ClN4O2S. The van der Waals surface area contributed by atoms with Gasteiger partial charge in [-0.2, -0.15) is 0 Å². The number of H-pyrrole nitrogens is 1. The second-order valence-electron chi connectivity index (χ2n) is 7.28. The number of fused-ring (bicyclic) bond motifs is 1. The highest BCUT2D eigenvalue weighted by Crippen LogP contribution is 2.33. The summed E-state index contributed by atoms with van der Waals surface area (Å²) in [6.45, 7) is 0.771. The van der Waals surface area contributed by atoms with Crippen molar-refractivity contribution < 1.29 is 9.00 Å². The van der Waals surface area contributed by atoms with Crippen molar-refractivity contribution in [1.82, 2.24) is 9.97 Å². The highest BCUT2D eigenvalue weighted by molar-refractivity contribution is 7.86. The molecule has 5 rings (SSSR count). The second kappa shape index (κ2) is 8.17. The third kappa shape index (κ3) is 3.82. The maximum Gasteiger partial charge on any atom is 0.255 e. The van der Waals surface area contributed by atoms with E-state index in [0.717, 1.165) is 40.8 Å². The van der Waals surface area contributed by atoms with Crippen molar-refractivity contribution in [3.05, 3.63) is 77.6 Å². The smallest absolute Gasteiger partial charge is 0.255 e. The molecule has 1 saturated heterocycles. The van der Waals surface area contributed by atoms with Gasteiger partial charge in [0.15, 0.2) is 0 Å². The van der Waals surface area contributed by atoms with Gasteiger partial charge in [-0.3, -0.25) is 14.1 Å². The van der Waals surface area contributed by atoms with Crippen LogP contribution in [-0.2, 0) is 11.0 Å². The van der Waals surface area contributed by atoms with Gasteiger partial charge in [-0.15, -0.1) is 0 Å². The molecular weight excluding hydrogens is 432 g/mol. The van der Waals surface area contributed by atoms with Crippen LogP contribution in [0, 0.1) is 0 Å². The van der Waals surface area contributed by atoms with E-state index in [0.29, 0.717) is 22.0 Å². The quantitative estimate of drug-likeness (QED) is 0.458. The molecule has 0 aliphatic carbocycles. The normalized spacial score (nSPS) is 16.0. The van der Waals surface area contributed by atoms with E-state index in [4.69, 9.17) is 11.6 Å². The van der Waals surface area contributed by atoms with E-state index < -0.39 is 11.0 Å². The average Bonchev–Trinajstić information content (AvgIpc) is 3.44. The van der Waals surface area contributed by atoms with Gasteiger partial charge in [-0.25, -0.2) is 4.21 Å². The Morgan fingerprint density at radius 2 is 1.97 bits per heavy atom. The van der Waals surface area contributed by atoms with Crippen LogP contribution >= 0.6 is 11.6 Å². The van der Waals surface area contributed by atoms with Gasteiger partial charge in [-0.05, 0) is 61.0 Å². The van der Waals surface area contributed by atoms with Crippen molar-refractivity contribution >= 4 is 50.8 Å². The Morgan fingerprint density at radius 1 is 1.13 bits per heavy atom. The summed E-state index contributed by atoms with van der Waals surface area (Å²) in [5, 5.41) is 4.51. The van der Waals surface area contributed by atoms with Crippen molar-refractivity contribution in [3.8, 4) is 11.3 Å². The molecule has 3 heterocycles. The number of rotatable bonds is 4. The van der Waals surface area contributed by atoms with Gasteiger partial charge >= 0.3 is 0 Å². The van der Waals surface area contributed by atoms with Crippen molar-refractivity contribution in [2.75, 3.05) is 21.9 Å². The summed E-state index contributed by atoms with van der Waals surface area (Å²) in [7, 11) is -0.979. The first kappa shape index (κ1) is 19.8. The van der Waals surface area contributed by atoms with Crippen LogP contribution in [0.1, 0.15) is 16.8 Å². The number of amides is 1. The SMILES string of the molecule is O=C(Nc1ccc(Cl)c(-c2nccc3cc[nH]c23)c1)c1ccc(N2CCCS2=O)cc1. The molecule has 1 aliphatic heterocycles. The number of aromatic nitrogens is 2. The van der Waals surface area contributed by atoms with Crippen molar-refractivity contribution in [2.45, 2.75) is 6.42 Å². The number of hydrogen-bond donors (Lipinski definition) is 2. The monoisotopic (exact) mass is 450 g/mol. The van der Waals surface area contributed by atoms with Crippen molar-refractivity contribution in [2.24, 2.45) is 0 Å². The summed E-state index contributed by atoms with van der Waals surface area (Å²) in [5.41, 5.74) is 4.37. The van der Waals surface area contributed by atoms with Gasteiger partial charge in [0.25, 0.3) is 5.91 Å². The number of pyridine rings is 1. The number of nitrogens with one attached hydrogen (secondary N) is 2. The molecule has 1 atom stereocenters. The fraction of sp³-hybridized carbons (Fsp3) is 0.130. The lowest BCUT2D eigenvalue weighted by molar-refractivity contribution is 0.102. The van der Waals surface area contributed by atoms with Gasteiger partial charge < -0.3 is 10.3 Å². The molecule has 0 spiro atoms. The molecule has 0 saturated carbocycles. The van der Waals surface area contributed by atoms with Crippen molar-refractivity contribution in [1.29, 1.82) is 0 Å². The third-order valence-corrected chi connectivity index (χ3v) is 7.15. The van der Waals surface area contributed by atoms with E-state index in [-0.39, 0.29) is 5.91 Å². The van der Waals surface area contributed by atoms with E-state index >= 15 is 0 Å². The van der Waals surface area contributed by atoms with Crippen LogP contribution in [0.15, 0.2) is 67.0 Å². The molecule has 1 fully saturated rings. The minimum absolute atomic E-state index is 0.228.